The standard InChI is InChI=1S/C14H21F2N/c1-5-17-14(10(4)9(2)3)12-7-6-11(15)8-13(12)16/h6-10,14,17H,5H2,1-4H3. The van der Waals surface area contributed by atoms with Crippen molar-refractivity contribution in [1.29, 1.82) is 0 Å². The van der Waals surface area contributed by atoms with Crippen LogP contribution in [0.15, 0.2) is 18.2 Å². The van der Waals surface area contributed by atoms with E-state index in [1.54, 1.807) is 0 Å². The molecule has 0 aliphatic rings. The molecule has 0 spiro atoms. The maximum Gasteiger partial charge on any atom is 0.130 e. The number of benzene rings is 1. The van der Waals surface area contributed by atoms with Gasteiger partial charge in [-0.2, -0.15) is 0 Å². The Morgan fingerprint density at radius 1 is 1.18 bits per heavy atom. The summed E-state index contributed by atoms with van der Waals surface area (Å²) in [6.45, 7) is 9.05. The van der Waals surface area contributed by atoms with Crippen LogP contribution in [-0.4, -0.2) is 6.54 Å². The van der Waals surface area contributed by atoms with Gasteiger partial charge < -0.3 is 5.32 Å². The van der Waals surface area contributed by atoms with Gasteiger partial charge in [-0.3, -0.25) is 0 Å². The van der Waals surface area contributed by atoms with Gasteiger partial charge in [0.15, 0.2) is 0 Å². The molecule has 0 fully saturated rings. The minimum atomic E-state index is -0.529. The summed E-state index contributed by atoms with van der Waals surface area (Å²) >= 11 is 0. The third kappa shape index (κ3) is 3.50. The van der Waals surface area contributed by atoms with Gasteiger partial charge in [-0.05, 0) is 24.4 Å². The largest absolute Gasteiger partial charge is 0.310 e. The van der Waals surface area contributed by atoms with E-state index in [1.165, 1.54) is 12.1 Å². The smallest absolute Gasteiger partial charge is 0.130 e. The van der Waals surface area contributed by atoms with Gasteiger partial charge in [0.1, 0.15) is 11.6 Å². The fourth-order valence-corrected chi connectivity index (χ4v) is 1.94. The molecule has 1 aromatic carbocycles. The summed E-state index contributed by atoms with van der Waals surface area (Å²) in [5.74, 6) is -0.277. The van der Waals surface area contributed by atoms with Crippen LogP contribution in [0, 0.1) is 23.5 Å². The predicted octanol–water partition coefficient (Wildman–Crippen LogP) is 3.91. The molecule has 0 heterocycles. The zero-order chi connectivity index (χ0) is 13.0. The molecule has 0 saturated carbocycles. The third-order valence-electron chi connectivity index (χ3n) is 3.30. The first-order valence-electron chi connectivity index (χ1n) is 6.15. The van der Waals surface area contributed by atoms with Crippen LogP contribution >= 0.6 is 0 Å². The molecule has 0 aliphatic carbocycles. The molecule has 0 radical (unpaired) electrons. The van der Waals surface area contributed by atoms with Gasteiger partial charge in [-0.15, -0.1) is 0 Å². The Hall–Kier alpha value is -0.960. The molecule has 1 aromatic rings. The summed E-state index contributed by atoms with van der Waals surface area (Å²) in [6.07, 6.45) is 0. The van der Waals surface area contributed by atoms with E-state index in [4.69, 9.17) is 0 Å². The Balaban J connectivity index is 3.04. The molecule has 0 bridgehead atoms. The van der Waals surface area contributed by atoms with Crippen molar-refractivity contribution in [2.24, 2.45) is 11.8 Å². The highest BCUT2D eigenvalue weighted by atomic mass is 19.1. The summed E-state index contributed by atoms with van der Waals surface area (Å²) in [6, 6.07) is 3.74. The maximum atomic E-state index is 13.8. The van der Waals surface area contributed by atoms with Crippen molar-refractivity contribution in [2.75, 3.05) is 6.54 Å². The molecule has 0 aliphatic heterocycles. The lowest BCUT2D eigenvalue weighted by Crippen LogP contribution is -2.30. The summed E-state index contributed by atoms with van der Waals surface area (Å²) in [7, 11) is 0. The van der Waals surface area contributed by atoms with Crippen molar-refractivity contribution in [3.05, 3.63) is 35.4 Å². The van der Waals surface area contributed by atoms with E-state index in [0.29, 0.717) is 11.5 Å². The van der Waals surface area contributed by atoms with Gasteiger partial charge in [0.05, 0.1) is 0 Å². The molecule has 1 N–H and O–H groups in total. The van der Waals surface area contributed by atoms with Crippen molar-refractivity contribution in [3.63, 3.8) is 0 Å². The Morgan fingerprint density at radius 2 is 1.82 bits per heavy atom. The maximum absolute atomic E-state index is 13.8. The second-order valence-corrected chi connectivity index (χ2v) is 4.80. The van der Waals surface area contributed by atoms with E-state index in [1.807, 2.05) is 6.92 Å². The lowest BCUT2D eigenvalue weighted by Gasteiger charge is -2.28. The Bertz CT molecular complexity index is 363. The number of hydrogen-bond donors (Lipinski definition) is 1. The first-order valence-corrected chi connectivity index (χ1v) is 6.15. The quantitative estimate of drug-likeness (QED) is 0.824. The summed E-state index contributed by atoms with van der Waals surface area (Å²) in [5, 5.41) is 3.28. The molecule has 1 nitrogen and oxygen atoms in total. The fourth-order valence-electron chi connectivity index (χ4n) is 1.94. The third-order valence-corrected chi connectivity index (χ3v) is 3.30. The molecular weight excluding hydrogens is 220 g/mol. The van der Waals surface area contributed by atoms with Crippen LogP contribution in [0.5, 0.6) is 0 Å². The Morgan fingerprint density at radius 3 is 2.29 bits per heavy atom. The van der Waals surface area contributed by atoms with Crippen LogP contribution < -0.4 is 5.32 Å². The van der Waals surface area contributed by atoms with Crippen LogP contribution in [0.3, 0.4) is 0 Å². The second kappa shape index (κ2) is 6.10. The highest BCUT2D eigenvalue weighted by Crippen LogP contribution is 2.29. The van der Waals surface area contributed by atoms with Gasteiger partial charge in [-0.25, -0.2) is 8.78 Å². The summed E-state index contributed by atoms with van der Waals surface area (Å²) in [4.78, 5) is 0. The highest BCUT2D eigenvalue weighted by Gasteiger charge is 2.23. The van der Waals surface area contributed by atoms with Crippen LogP contribution in [-0.2, 0) is 0 Å². The van der Waals surface area contributed by atoms with Crippen LogP contribution in [0.2, 0.25) is 0 Å². The monoisotopic (exact) mass is 241 g/mol. The van der Waals surface area contributed by atoms with E-state index in [-0.39, 0.29) is 12.0 Å². The van der Waals surface area contributed by atoms with Gasteiger partial charge in [0.25, 0.3) is 0 Å². The van der Waals surface area contributed by atoms with Gasteiger partial charge in [-0.1, -0.05) is 33.8 Å². The molecule has 2 atom stereocenters. The lowest BCUT2D eigenvalue weighted by molar-refractivity contribution is 0.300. The molecule has 0 amide bonds. The molecule has 2 unspecified atom stereocenters. The lowest BCUT2D eigenvalue weighted by atomic mass is 9.86. The van der Waals surface area contributed by atoms with E-state index in [0.717, 1.165) is 12.6 Å². The van der Waals surface area contributed by atoms with Crippen LogP contribution in [0.1, 0.15) is 39.3 Å². The Kier molecular flexibility index (Phi) is 5.06. The first kappa shape index (κ1) is 14.1. The van der Waals surface area contributed by atoms with Crippen molar-refractivity contribution in [3.8, 4) is 0 Å². The first-order chi connectivity index (χ1) is 7.97. The number of hydrogen-bond acceptors (Lipinski definition) is 1. The van der Waals surface area contributed by atoms with Crippen molar-refractivity contribution >= 4 is 0 Å². The average Bonchev–Trinajstić information content (AvgIpc) is 2.26. The molecule has 0 aromatic heterocycles. The van der Waals surface area contributed by atoms with Crippen molar-refractivity contribution in [2.45, 2.75) is 33.7 Å². The normalized spacial score (nSPS) is 15.0. The number of halogens is 2. The molecule has 0 saturated heterocycles. The Labute approximate surface area is 102 Å². The highest BCUT2D eigenvalue weighted by molar-refractivity contribution is 5.23. The zero-order valence-electron chi connectivity index (χ0n) is 10.9. The van der Waals surface area contributed by atoms with E-state index in [2.05, 4.69) is 26.1 Å². The molecule has 17 heavy (non-hydrogen) atoms. The topological polar surface area (TPSA) is 12.0 Å². The number of rotatable bonds is 5. The minimum Gasteiger partial charge on any atom is -0.310 e. The molecule has 3 heteroatoms. The van der Waals surface area contributed by atoms with E-state index >= 15 is 0 Å². The zero-order valence-corrected chi connectivity index (χ0v) is 10.9. The molecule has 96 valence electrons. The fraction of sp³-hybridized carbons (Fsp3) is 0.571. The molecular formula is C14H21F2N. The van der Waals surface area contributed by atoms with Crippen LogP contribution in [0.25, 0.3) is 0 Å². The van der Waals surface area contributed by atoms with Crippen molar-refractivity contribution in [1.82, 2.24) is 5.32 Å². The van der Waals surface area contributed by atoms with E-state index in [9.17, 15) is 8.78 Å². The summed E-state index contributed by atoms with van der Waals surface area (Å²) in [5.41, 5.74) is 0.550. The minimum absolute atomic E-state index is 0.0689. The van der Waals surface area contributed by atoms with Gasteiger partial charge in [0.2, 0.25) is 0 Å². The SMILES string of the molecule is CCNC(c1ccc(F)cc1F)C(C)C(C)C. The second-order valence-electron chi connectivity index (χ2n) is 4.80. The number of nitrogens with one attached hydrogen (secondary N) is 1. The van der Waals surface area contributed by atoms with Crippen LogP contribution in [0.4, 0.5) is 8.78 Å². The summed E-state index contributed by atoms with van der Waals surface area (Å²) < 4.78 is 26.7. The molecule has 1 rings (SSSR count). The average molecular weight is 241 g/mol. The van der Waals surface area contributed by atoms with Gasteiger partial charge >= 0.3 is 0 Å². The van der Waals surface area contributed by atoms with Crippen molar-refractivity contribution < 1.29 is 8.78 Å². The van der Waals surface area contributed by atoms with Gasteiger partial charge in [0, 0.05) is 17.7 Å². The van der Waals surface area contributed by atoms with E-state index < -0.39 is 11.6 Å². The predicted molar refractivity (Wildman–Crippen MR) is 66.8 cm³/mol.